The lowest BCUT2D eigenvalue weighted by Gasteiger charge is -2.46. The van der Waals surface area contributed by atoms with Crippen molar-refractivity contribution in [3.63, 3.8) is 0 Å². The predicted octanol–water partition coefficient (Wildman–Crippen LogP) is 6.62. The van der Waals surface area contributed by atoms with Crippen LogP contribution in [0.4, 0.5) is 5.69 Å². The summed E-state index contributed by atoms with van der Waals surface area (Å²) in [7, 11) is 0. The predicted molar refractivity (Wildman–Crippen MR) is 236 cm³/mol. The van der Waals surface area contributed by atoms with Crippen LogP contribution in [0.25, 0.3) is 0 Å². The molecule has 3 fully saturated rings. The fourth-order valence-corrected chi connectivity index (χ4v) is 10.3. The van der Waals surface area contributed by atoms with Gasteiger partial charge in [0.15, 0.2) is 0 Å². The lowest BCUT2D eigenvalue weighted by molar-refractivity contribution is -0.178. The van der Waals surface area contributed by atoms with Crippen LogP contribution in [0.15, 0.2) is 133 Å². The fourth-order valence-electron chi connectivity index (χ4n) is 10.3. The molecular weight excluding hydrogens is 795 g/mol. The highest BCUT2D eigenvalue weighted by molar-refractivity contribution is 6.12. The molecule has 5 N–H and O–H groups in total. The zero-order valence-corrected chi connectivity index (χ0v) is 34.9. The van der Waals surface area contributed by atoms with Crippen LogP contribution >= 0.6 is 0 Å². The summed E-state index contributed by atoms with van der Waals surface area (Å²) in [5, 5.41) is 38.5. The highest BCUT2D eigenvalue weighted by atomic mass is 16.6. The van der Waals surface area contributed by atoms with Gasteiger partial charge >= 0.3 is 5.97 Å². The molecule has 0 aromatic heterocycles. The van der Waals surface area contributed by atoms with E-state index in [-0.39, 0.29) is 19.8 Å². The Morgan fingerprint density at radius 3 is 2.14 bits per heavy atom. The lowest BCUT2D eigenvalue weighted by Crippen LogP contribution is -2.55. The second kappa shape index (κ2) is 17.8. The third-order valence-corrected chi connectivity index (χ3v) is 13.2. The van der Waals surface area contributed by atoms with Gasteiger partial charge in [-0.2, -0.15) is 0 Å². The number of hydrogen-bond acceptors (Lipinski definition) is 9. The molecule has 1 aliphatic carbocycles. The maximum Gasteiger partial charge on any atom is 0.324 e. The van der Waals surface area contributed by atoms with Crippen LogP contribution in [0.3, 0.4) is 0 Å². The third kappa shape index (κ3) is 7.89. The third-order valence-electron chi connectivity index (χ3n) is 13.2. The number of carbonyl (C=O) groups is 3. The summed E-state index contributed by atoms with van der Waals surface area (Å²) in [5.74, 6) is 3.75. The van der Waals surface area contributed by atoms with Gasteiger partial charge in [0, 0.05) is 17.8 Å². The van der Waals surface area contributed by atoms with Crippen molar-refractivity contribution in [3.8, 4) is 17.6 Å². The van der Waals surface area contributed by atoms with Crippen LogP contribution in [0.1, 0.15) is 96.2 Å². The molecular formula is C52H51N3O8. The molecule has 1 spiro atoms. The number of nitrogens with zero attached hydrogens (tertiary/aromatic N) is 1. The molecule has 5 aromatic carbocycles. The van der Waals surface area contributed by atoms with Gasteiger partial charge in [0.05, 0.1) is 30.7 Å². The zero-order valence-electron chi connectivity index (χ0n) is 34.9. The second-order valence-corrected chi connectivity index (χ2v) is 17.0. The van der Waals surface area contributed by atoms with Crippen molar-refractivity contribution in [2.24, 2.45) is 5.92 Å². The molecule has 7 atom stereocenters. The van der Waals surface area contributed by atoms with Crippen molar-refractivity contribution < 1.29 is 39.2 Å². The maximum atomic E-state index is 15.5. The van der Waals surface area contributed by atoms with E-state index in [1.807, 2.05) is 89.8 Å². The monoisotopic (exact) mass is 845 g/mol. The highest BCUT2D eigenvalue weighted by Crippen LogP contribution is 2.65. The maximum absolute atomic E-state index is 15.5. The van der Waals surface area contributed by atoms with Gasteiger partial charge in [0.25, 0.3) is 0 Å². The van der Waals surface area contributed by atoms with Gasteiger partial charge in [0.1, 0.15) is 35.5 Å². The van der Waals surface area contributed by atoms with Crippen molar-refractivity contribution in [1.82, 2.24) is 10.2 Å². The summed E-state index contributed by atoms with van der Waals surface area (Å²) in [6, 6.07) is 37.7. The minimum absolute atomic E-state index is 0.0768. The van der Waals surface area contributed by atoms with E-state index in [4.69, 9.17) is 9.47 Å². The number of amides is 2. The summed E-state index contributed by atoms with van der Waals surface area (Å²) >= 11 is 0. The number of nitrogens with one attached hydrogen (secondary N) is 2. The number of ether oxygens (including phenoxy) is 2. The van der Waals surface area contributed by atoms with E-state index in [1.54, 1.807) is 48.5 Å². The molecule has 5 aromatic rings. The summed E-state index contributed by atoms with van der Waals surface area (Å²) in [6.45, 7) is -0.292. The fraction of sp³-hybridized carbons (Fsp3) is 0.327. The lowest BCUT2D eigenvalue weighted by atomic mass is 9.65. The van der Waals surface area contributed by atoms with Crippen LogP contribution in [-0.2, 0) is 24.5 Å². The molecule has 3 heterocycles. The molecule has 11 heteroatoms. The number of anilines is 1. The average Bonchev–Trinajstić information content (AvgIpc) is 3.68. The summed E-state index contributed by atoms with van der Waals surface area (Å²) < 4.78 is 12.3. The Morgan fingerprint density at radius 2 is 1.48 bits per heavy atom. The van der Waals surface area contributed by atoms with E-state index in [9.17, 15) is 15.3 Å². The number of morpholine rings is 1. The molecule has 4 aliphatic rings. The number of benzene rings is 5. The molecule has 322 valence electrons. The van der Waals surface area contributed by atoms with E-state index < -0.39 is 65.1 Å². The number of cyclic esters (lactones) is 1. The first-order valence-electron chi connectivity index (χ1n) is 21.9. The number of hydrogen-bond donors (Lipinski definition) is 5. The van der Waals surface area contributed by atoms with Crippen LogP contribution < -0.4 is 15.4 Å². The molecule has 2 saturated heterocycles. The Labute approximate surface area is 367 Å². The van der Waals surface area contributed by atoms with Crippen molar-refractivity contribution in [3.05, 3.63) is 167 Å². The number of rotatable bonds is 10. The number of aliphatic hydroxyl groups is 3. The Bertz CT molecular complexity index is 2500. The Hall–Kier alpha value is -6.29. The van der Waals surface area contributed by atoms with Gasteiger partial charge in [0.2, 0.25) is 11.8 Å². The van der Waals surface area contributed by atoms with Crippen LogP contribution in [0.2, 0.25) is 0 Å². The van der Waals surface area contributed by atoms with Gasteiger partial charge in [-0.15, -0.1) is 0 Å². The topological polar surface area (TPSA) is 158 Å². The van der Waals surface area contributed by atoms with Crippen LogP contribution in [0, 0.1) is 17.8 Å². The quantitative estimate of drug-likeness (QED) is 0.0593. The number of fused-ring (bicyclic) bond motifs is 3. The molecule has 0 radical (unpaired) electrons. The minimum Gasteiger partial charge on any atom is -0.491 e. The van der Waals surface area contributed by atoms with Crippen molar-refractivity contribution in [1.29, 1.82) is 0 Å². The van der Waals surface area contributed by atoms with E-state index >= 15 is 14.4 Å². The molecule has 0 unspecified atom stereocenters. The molecule has 0 bridgehead atoms. The largest absolute Gasteiger partial charge is 0.491 e. The molecule has 63 heavy (non-hydrogen) atoms. The summed E-state index contributed by atoms with van der Waals surface area (Å²) in [6.07, 6.45) is 3.03. The van der Waals surface area contributed by atoms with E-state index in [0.29, 0.717) is 46.5 Å². The first-order valence-corrected chi connectivity index (χ1v) is 21.9. The highest BCUT2D eigenvalue weighted by Gasteiger charge is 2.74. The average molecular weight is 846 g/mol. The van der Waals surface area contributed by atoms with Gasteiger partial charge < -0.3 is 35.4 Å². The van der Waals surface area contributed by atoms with Crippen LogP contribution in [-0.4, -0.2) is 69.4 Å². The Balaban J connectivity index is 1.27. The second-order valence-electron chi connectivity index (χ2n) is 17.0. The van der Waals surface area contributed by atoms with E-state index in [2.05, 4.69) is 22.5 Å². The standard InChI is InChI=1S/C52H51N3O8/c56-30-31-62-39-23-21-38(22-24-39)47-52(40-32-34(20-25-41(40)54-50(52)60)26-29-51(61)27-12-1-2-13-28-51)43(48(58)53-33-42(57)35-14-6-3-7-15-35)45-49(59)63-46(37-18-10-5-11-19-37)44(55(45)47)36-16-8-4-9-17-36/h3-11,14-25,32,42-47,56-57,61H,1-2,12-13,27-28,30-31,33H2,(H,53,58)(H,54,60)/t42-,43+,44+,45+,46-,47-,52+/m0/s1. The first kappa shape index (κ1) is 42.0. The molecule has 9 rings (SSSR count). The summed E-state index contributed by atoms with van der Waals surface area (Å²) in [4.78, 5) is 48.0. The molecule has 3 aliphatic heterocycles. The summed E-state index contributed by atoms with van der Waals surface area (Å²) in [5.41, 5.74) is 1.33. The SMILES string of the molecule is O=C1O[C@@H](c2ccccc2)[C@@H](c2ccccc2)N2[C@@H](c3ccc(OCCO)cc3)[C@]3(C(=O)Nc4ccc(C#CC5(O)CCCCCC5)cc43)[C@@H](C(=O)NC[C@H](O)c3ccccc3)[C@H]12. The number of esters is 1. The van der Waals surface area contributed by atoms with E-state index in [0.717, 1.165) is 36.8 Å². The van der Waals surface area contributed by atoms with Crippen LogP contribution in [0.5, 0.6) is 5.75 Å². The van der Waals surface area contributed by atoms with Crippen molar-refractivity contribution in [2.75, 3.05) is 25.1 Å². The van der Waals surface area contributed by atoms with Gasteiger partial charge in [-0.3, -0.25) is 19.3 Å². The molecule has 1 saturated carbocycles. The smallest absolute Gasteiger partial charge is 0.324 e. The van der Waals surface area contributed by atoms with Gasteiger partial charge in [-0.05, 0) is 83.8 Å². The normalized spacial score (nSPS) is 25.3. The Kier molecular flexibility index (Phi) is 11.9. The first-order chi connectivity index (χ1) is 30.7. The minimum atomic E-state index is -1.77. The number of carbonyl (C=O) groups excluding carboxylic acids is 3. The number of aliphatic hydroxyl groups excluding tert-OH is 2. The van der Waals surface area contributed by atoms with Crippen molar-refractivity contribution >= 4 is 23.5 Å². The van der Waals surface area contributed by atoms with E-state index in [1.165, 1.54) is 0 Å². The zero-order chi connectivity index (χ0) is 43.6. The molecule has 11 nitrogen and oxygen atoms in total. The Morgan fingerprint density at radius 1 is 0.825 bits per heavy atom. The van der Waals surface area contributed by atoms with Gasteiger partial charge in [-0.1, -0.05) is 128 Å². The molecule has 2 amide bonds. The van der Waals surface area contributed by atoms with Gasteiger partial charge in [-0.25, -0.2) is 0 Å². The van der Waals surface area contributed by atoms with Crippen molar-refractivity contribution in [2.45, 2.75) is 79.9 Å².